The molecule has 0 bridgehead atoms. The van der Waals surface area contributed by atoms with Crippen LogP contribution in [0, 0.1) is 17.8 Å². The van der Waals surface area contributed by atoms with Gasteiger partial charge in [0.1, 0.15) is 0 Å². The molecular formula is C42H77BO. The first-order chi connectivity index (χ1) is 21.3. The van der Waals surface area contributed by atoms with Crippen LogP contribution in [0.15, 0.2) is 36.6 Å². The van der Waals surface area contributed by atoms with E-state index in [1.165, 1.54) is 158 Å². The molecule has 0 aromatic rings. The summed E-state index contributed by atoms with van der Waals surface area (Å²) in [6, 6.07) is 0. The first-order valence-electron chi connectivity index (χ1n) is 19.7. The van der Waals surface area contributed by atoms with Gasteiger partial charge in [-0.1, -0.05) is 26.7 Å². The zero-order valence-electron chi connectivity index (χ0n) is 31.0. The van der Waals surface area contributed by atoms with Crippen molar-refractivity contribution in [2.45, 2.75) is 208 Å². The van der Waals surface area contributed by atoms with Gasteiger partial charge in [0.25, 0.3) is 0 Å². The standard InChI is InChI=1S/C42H77BO/c1-10-13-16-19-22-25-28-31-34(4)40-37(7)38(8)41(43-35(5)32-29-26-23-20-17-14-11-2)39(9)42(40)44-36(6)33-30-27-24-21-18-15-12-3/h37-38,40-42H,4,6,9-33H2,1-3,5,7-8H3. The van der Waals surface area contributed by atoms with Crippen LogP contribution < -0.4 is 0 Å². The van der Waals surface area contributed by atoms with Crippen LogP contribution in [0.25, 0.3) is 0 Å². The van der Waals surface area contributed by atoms with Crippen molar-refractivity contribution in [3.05, 3.63) is 36.6 Å². The van der Waals surface area contributed by atoms with Gasteiger partial charge in [-0.25, -0.2) is 0 Å². The van der Waals surface area contributed by atoms with E-state index in [0.29, 0.717) is 23.6 Å². The van der Waals surface area contributed by atoms with Crippen molar-refractivity contribution in [3.8, 4) is 0 Å². The zero-order chi connectivity index (χ0) is 32.6. The van der Waals surface area contributed by atoms with Crippen LogP contribution in [0.1, 0.15) is 196 Å². The van der Waals surface area contributed by atoms with Gasteiger partial charge in [-0.2, -0.15) is 0 Å². The smallest absolute Gasteiger partial charge is 0.0654 e. The van der Waals surface area contributed by atoms with Gasteiger partial charge in [-0.3, -0.25) is 0 Å². The molecule has 0 aromatic carbocycles. The van der Waals surface area contributed by atoms with Gasteiger partial charge in [0.15, 0.2) is 0 Å². The predicted octanol–water partition coefficient (Wildman–Crippen LogP) is 14.0. The number of rotatable bonds is 28. The minimum Gasteiger partial charge on any atom is -0.0654 e. The van der Waals surface area contributed by atoms with Gasteiger partial charge in [0, 0.05) is 0 Å². The Bertz CT molecular complexity index is 794. The number of ether oxygens (including phenoxy) is 1. The Kier molecular flexibility index (Phi) is 24.3. The van der Waals surface area contributed by atoms with E-state index in [4.69, 9.17) is 17.9 Å². The van der Waals surface area contributed by atoms with Crippen molar-refractivity contribution in [1.82, 2.24) is 0 Å². The van der Waals surface area contributed by atoms with Crippen LogP contribution in [-0.2, 0) is 4.74 Å². The number of hydrogen-bond acceptors (Lipinski definition) is 1. The molecule has 0 aliphatic heterocycles. The fourth-order valence-electron chi connectivity index (χ4n) is 7.43. The second kappa shape index (κ2) is 26.1. The molecule has 1 rings (SSSR count). The second-order valence-corrected chi connectivity index (χ2v) is 14.7. The first-order valence-corrected chi connectivity index (χ1v) is 19.7. The molecule has 0 heterocycles. The molecule has 1 saturated carbocycles. The third-order valence-electron chi connectivity index (χ3n) is 10.6. The van der Waals surface area contributed by atoms with Gasteiger partial charge in [0.05, 0.1) is 0 Å². The Morgan fingerprint density at radius 2 is 1.00 bits per heavy atom. The summed E-state index contributed by atoms with van der Waals surface area (Å²) in [7, 11) is 0. The van der Waals surface area contributed by atoms with E-state index in [0.717, 1.165) is 18.6 Å². The molecule has 1 fully saturated rings. The Labute approximate surface area is 278 Å². The van der Waals surface area contributed by atoms with E-state index in [2.05, 4.69) is 55.0 Å². The summed E-state index contributed by atoms with van der Waals surface area (Å²) in [5.74, 6) is 2.72. The number of unbranched alkanes of at least 4 members (excludes halogenated alkanes) is 18. The monoisotopic (exact) mass is 609 g/mol. The third kappa shape index (κ3) is 17.0. The Morgan fingerprint density at radius 3 is 1.48 bits per heavy atom. The van der Waals surface area contributed by atoms with Crippen molar-refractivity contribution in [3.63, 3.8) is 0 Å². The van der Waals surface area contributed by atoms with Crippen LogP contribution in [0.2, 0.25) is 5.82 Å². The molecule has 0 saturated heterocycles. The topological polar surface area (TPSA) is 9.23 Å². The van der Waals surface area contributed by atoms with E-state index < -0.39 is 0 Å². The molecule has 5 atom stereocenters. The SMILES string of the molecule is C=C(CCCCCCCCC)OC1C(=C)C(/B=C(\C)CCCCCCCCC)C(C)C(C)C1C(=C)CCCCCCCCC. The molecule has 1 nitrogen and oxygen atoms in total. The summed E-state index contributed by atoms with van der Waals surface area (Å²) < 4.78 is 6.85. The van der Waals surface area contributed by atoms with Crippen LogP contribution >= 0.6 is 0 Å². The Hall–Kier alpha value is -1.05. The van der Waals surface area contributed by atoms with Gasteiger partial charge >= 0.3 is 252 Å². The molecular weight excluding hydrogens is 531 g/mol. The number of hydrogen-bond donors (Lipinski definition) is 0. The summed E-state index contributed by atoms with van der Waals surface area (Å²) in [6.07, 6.45) is 31.5. The number of allylic oxidation sites excluding steroid dienone is 1. The van der Waals surface area contributed by atoms with Gasteiger partial charge in [-0.15, -0.1) is 0 Å². The molecule has 1 aliphatic carbocycles. The fourth-order valence-corrected chi connectivity index (χ4v) is 7.43. The normalized spacial score (nSPS) is 22.2. The van der Waals surface area contributed by atoms with E-state index in [-0.39, 0.29) is 6.10 Å². The van der Waals surface area contributed by atoms with Crippen LogP contribution in [0.5, 0.6) is 0 Å². The molecule has 254 valence electrons. The van der Waals surface area contributed by atoms with Crippen LogP contribution in [-0.4, -0.2) is 18.5 Å². The maximum absolute atomic E-state index is 6.85. The summed E-state index contributed by atoms with van der Waals surface area (Å²) in [6.45, 7) is 30.6. The molecule has 1 aliphatic rings. The van der Waals surface area contributed by atoms with Crippen molar-refractivity contribution in [2.75, 3.05) is 0 Å². The van der Waals surface area contributed by atoms with Gasteiger partial charge < -0.3 is 0 Å². The molecule has 0 spiro atoms. The van der Waals surface area contributed by atoms with Gasteiger partial charge in [-0.05, 0) is 0 Å². The molecule has 5 unspecified atom stereocenters. The van der Waals surface area contributed by atoms with E-state index in [9.17, 15) is 0 Å². The molecule has 0 N–H and O–H groups in total. The molecule has 0 radical (unpaired) electrons. The summed E-state index contributed by atoms with van der Waals surface area (Å²) >= 11 is 0. The average Bonchev–Trinajstić information content (AvgIpc) is 3.00. The first kappa shape index (κ1) is 41.0. The summed E-state index contributed by atoms with van der Waals surface area (Å²) in [5.41, 5.74) is 4.18. The van der Waals surface area contributed by atoms with Crippen LogP contribution in [0.4, 0.5) is 0 Å². The predicted molar refractivity (Wildman–Crippen MR) is 202 cm³/mol. The third-order valence-corrected chi connectivity index (χ3v) is 10.6. The minimum absolute atomic E-state index is 0.00271. The summed E-state index contributed by atoms with van der Waals surface area (Å²) in [5, 5.41) is 0. The van der Waals surface area contributed by atoms with Crippen molar-refractivity contribution in [1.29, 1.82) is 0 Å². The minimum atomic E-state index is 0.00271. The van der Waals surface area contributed by atoms with E-state index >= 15 is 0 Å². The molecule has 2 heteroatoms. The van der Waals surface area contributed by atoms with Gasteiger partial charge in [0.2, 0.25) is 0 Å². The van der Waals surface area contributed by atoms with Crippen molar-refractivity contribution >= 4 is 12.4 Å². The Balaban J connectivity index is 2.85. The quantitative estimate of drug-likeness (QED) is 0.0372. The molecule has 0 aromatic heterocycles. The van der Waals surface area contributed by atoms with Crippen LogP contribution in [0.3, 0.4) is 0 Å². The van der Waals surface area contributed by atoms with E-state index in [1.54, 1.807) is 0 Å². The second-order valence-electron chi connectivity index (χ2n) is 14.7. The zero-order valence-corrected chi connectivity index (χ0v) is 31.0. The fraction of sp³-hybridized carbons (Fsp3) is 0.833. The average molecular weight is 609 g/mol. The van der Waals surface area contributed by atoms with E-state index in [1.807, 2.05) is 0 Å². The molecule has 0 amide bonds. The van der Waals surface area contributed by atoms with Crippen molar-refractivity contribution < 1.29 is 4.74 Å². The Morgan fingerprint density at radius 1 is 0.591 bits per heavy atom. The summed E-state index contributed by atoms with van der Waals surface area (Å²) in [4.78, 5) is 0. The molecule has 44 heavy (non-hydrogen) atoms. The van der Waals surface area contributed by atoms with Crippen molar-refractivity contribution in [2.24, 2.45) is 17.8 Å². The maximum atomic E-state index is 6.85.